The van der Waals surface area contributed by atoms with Crippen LogP contribution in [-0.4, -0.2) is 24.5 Å². The van der Waals surface area contributed by atoms with E-state index in [-0.39, 0.29) is 24.5 Å². The Hall–Kier alpha value is -2.04. The van der Waals surface area contributed by atoms with Crippen LogP contribution in [0.4, 0.5) is 10.5 Å². The predicted octanol–water partition coefficient (Wildman–Crippen LogP) is 3.38. The molecule has 5 nitrogen and oxygen atoms in total. The zero-order chi connectivity index (χ0) is 16.7. The molecule has 1 fully saturated rings. The van der Waals surface area contributed by atoms with Crippen LogP contribution in [0.5, 0.6) is 0 Å². The van der Waals surface area contributed by atoms with Gasteiger partial charge in [0, 0.05) is 11.7 Å². The van der Waals surface area contributed by atoms with Crippen molar-refractivity contribution in [2.75, 3.05) is 11.9 Å². The van der Waals surface area contributed by atoms with E-state index in [1.165, 1.54) is 12.0 Å². The highest BCUT2D eigenvalue weighted by atomic mass is 16.2. The average molecular weight is 317 g/mol. The maximum atomic E-state index is 11.9. The molecule has 1 saturated carbocycles. The second-order valence-electron chi connectivity index (χ2n) is 6.49. The molecule has 0 heterocycles. The number of hydrogen-bond donors (Lipinski definition) is 3. The Morgan fingerprint density at radius 3 is 2.35 bits per heavy atom. The standard InChI is InChI=1S/C18H27N3O2/c1-13(2)14-8-10-16(11-9-14)20-17(22)12-19-18(23)21-15-6-4-3-5-7-15/h8-11,13,15H,3-7,12H2,1-2H3,(H,20,22)(H2,19,21,23). The van der Waals surface area contributed by atoms with Gasteiger partial charge in [-0.25, -0.2) is 4.79 Å². The Balaban J connectivity index is 1.70. The van der Waals surface area contributed by atoms with E-state index in [1.54, 1.807) is 0 Å². The molecule has 0 aliphatic heterocycles. The lowest BCUT2D eigenvalue weighted by molar-refractivity contribution is -0.115. The predicted molar refractivity (Wildman–Crippen MR) is 92.6 cm³/mol. The van der Waals surface area contributed by atoms with Gasteiger partial charge in [0.15, 0.2) is 0 Å². The second-order valence-corrected chi connectivity index (χ2v) is 6.49. The van der Waals surface area contributed by atoms with E-state index in [4.69, 9.17) is 0 Å². The van der Waals surface area contributed by atoms with Gasteiger partial charge in [0.25, 0.3) is 0 Å². The molecule has 126 valence electrons. The molecule has 1 aliphatic carbocycles. The van der Waals surface area contributed by atoms with E-state index in [0.717, 1.165) is 31.4 Å². The summed E-state index contributed by atoms with van der Waals surface area (Å²) >= 11 is 0. The van der Waals surface area contributed by atoms with Gasteiger partial charge in [-0.3, -0.25) is 4.79 Å². The van der Waals surface area contributed by atoms with Gasteiger partial charge in [0.2, 0.25) is 5.91 Å². The first-order chi connectivity index (χ1) is 11.0. The van der Waals surface area contributed by atoms with Crippen molar-refractivity contribution in [1.29, 1.82) is 0 Å². The number of benzene rings is 1. The lowest BCUT2D eigenvalue weighted by Gasteiger charge is -2.22. The SMILES string of the molecule is CC(C)c1ccc(NC(=O)CNC(=O)NC2CCCCC2)cc1. The lowest BCUT2D eigenvalue weighted by Crippen LogP contribution is -2.45. The highest BCUT2D eigenvalue weighted by Gasteiger charge is 2.15. The average Bonchev–Trinajstić information content (AvgIpc) is 2.54. The topological polar surface area (TPSA) is 70.2 Å². The van der Waals surface area contributed by atoms with Crippen LogP contribution < -0.4 is 16.0 Å². The molecule has 5 heteroatoms. The summed E-state index contributed by atoms with van der Waals surface area (Å²) in [6, 6.07) is 7.76. The van der Waals surface area contributed by atoms with Crippen molar-refractivity contribution in [3.8, 4) is 0 Å². The normalized spacial score (nSPS) is 15.3. The minimum atomic E-state index is -0.262. The third kappa shape index (κ3) is 5.93. The number of carbonyl (C=O) groups excluding carboxylic acids is 2. The van der Waals surface area contributed by atoms with Crippen molar-refractivity contribution < 1.29 is 9.59 Å². The van der Waals surface area contributed by atoms with Crippen molar-refractivity contribution in [2.45, 2.75) is 57.9 Å². The monoisotopic (exact) mass is 317 g/mol. The fourth-order valence-corrected chi connectivity index (χ4v) is 2.80. The van der Waals surface area contributed by atoms with Crippen LogP contribution in [-0.2, 0) is 4.79 Å². The van der Waals surface area contributed by atoms with Gasteiger partial charge in [0.1, 0.15) is 0 Å². The summed E-state index contributed by atoms with van der Waals surface area (Å²) < 4.78 is 0. The van der Waals surface area contributed by atoms with Crippen molar-refractivity contribution in [1.82, 2.24) is 10.6 Å². The van der Waals surface area contributed by atoms with Crippen molar-refractivity contribution in [3.63, 3.8) is 0 Å². The van der Waals surface area contributed by atoms with E-state index in [1.807, 2.05) is 24.3 Å². The third-order valence-electron chi connectivity index (χ3n) is 4.21. The fraction of sp³-hybridized carbons (Fsp3) is 0.556. The summed E-state index contributed by atoms with van der Waals surface area (Å²) in [5.41, 5.74) is 1.97. The summed E-state index contributed by atoms with van der Waals surface area (Å²) in [6.07, 6.45) is 5.64. The van der Waals surface area contributed by atoms with E-state index in [9.17, 15) is 9.59 Å². The van der Waals surface area contributed by atoms with E-state index < -0.39 is 0 Å². The number of rotatable bonds is 5. The molecule has 23 heavy (non-hydrogen) atoms. The van der Waals surface area contributed by atoms with Crippen LogP contribution in [0.2, 0.25) is 0 Å². The van der Waals surface area contributed by atoms with Crippen LogP contribution >= 0.6 is 0 Å². The number of hydrogen-bond acceptors (Lipinski definition) is 2. The first kappa shape index (κ1) is 17.3. The minimum absolute atomic E-state index is 0.0233. The van der Waals surface area contributed by atoms with E-state index in [2.05, 4.69) is 29.8 Å². The number of carbonyl (C=O) groups is 2. The molecule has 0 saturated heterocycles. The summed E-state index contributed by atoms with van der Waals surface area (Å²) in [5.74, 6) is 0.242. The maximum Gasteiger partial charge on any atom is 0.315 e. The molecule has 3 amide bonds. The molecule has 0 atom stereocenters. The van der Waals surface area contributed by atoms with Crippen LogP contribution in [0.15, 0.2) is 24.3 Å². The molecular weight excluding hydrogens is 290 g/mol. The van der Waals surface area contributed by atoms with Gasteiger partial charge in [-0.2, -0.15) is 0 Å². The summed E-state index contributed by atoms with van der Waals surface area (Å²) in [7, 11) is 0. The molecule has 0 bridgehead atoms. The number of urea groups is 1. The third-order valence-corrected chi connectivity index (χ3v) is 4.21. The molecule has 1 aromatic rings. The van der Waals surface area contributed by atoms with Crippen LogP contribution in [0.1, 0.15) is 57.4 Å². The number of anilines is 1. The summed E-state index contributed by atoms with van der Waals surface area (Å²) in [4.78, 5) is 23.7. The highest BCUT2D eigenvalue weighted by Crippen LogP contribution is 2.17. The Labute approximate surface area is 138 Å². The smallest absolute Gasteiger partial charge is 0.315 e. The van der Waals surface area contributed by atoms with E-state index >= 15 is 0 Å². The Morgan fingerprint density at radius 1 is 1.09 bits per heavy atom. The molecule has 3 N–H and O–H groups in total. The molecule has 0 unspecified atom stereocenters. The minimum Gasteiger partial charge on any atom is -0.335 e. The van der Waals surface area contributed by atoms with Crippen molar-refractivity contribution in [2.24, 2.45) is 0 Å². The van der Waals surface area contributed by atoms with Gasteiger partial charge in [-0.15, -0.1) is 0 Å². The fourth-order valence-electron chi connectivity index (χ4n) is 2.80. The van der Waals surface area contributed by atoms with Crippen molar-refractivity contribution >= 4 is 17.6 Å². The largest absolute Gasteiger partial charge is 0.335 e. The second kappa shape index (κ2) is 8.56. The Morgan fingerprint density at radius 2 is 1.74 bits per heavy atom. The van der Waals surface area contributed by atoms with Gasteiger partial charge in [0.05, 0.1) is 6.54 Å². The molecule has 1 aliphatic rings. The first-order valence-electron chi connectivity index (χ1n) is 8.49. The maximum absolute atomic E-state index is 11.9. The number of amides is 3. The zero-order valence-electron chi connectivity index (χ0n) is 14.0. The summed E-state index contributed by atoms with van der Waals surface area (Å²) in [5, 5.41) is 8.33. The highest BCUT2D eigenvalue weighted by molar-refractivity contribution is 5.94. The van der Waals surface area contributed by atoms with Crippen LogP contribution in [0.25, 0.3) is 0 Å². The molecule has 0 radical (unpaired) electrons. The molecule has 2 rings (SSSR count). The molecule has 1 aromatic carbocycles. The van der Waals surface area contributed by atoms with Gasteiger partial charge in [-0.05, 0) is 36.5 Å². The van der Waals surface area contributed by atoms with E-state index in [0.29, 0.717) is 5.92 Å². The van der Waals surface area contributed by atoms with Crippen LogP contribution in [0.3, 0.4) is 0 Å². The summed E-state index contributed by atoms with van der Waals surface area (Å²) in [6.45, 7) is 4.23. The first-order valence-corrected chi connectivity index (χ1v) is 8.49. The number of nitrogens with one attached hydrogen (secondary N) is 3. The van der Waals surface area contributed by atoms with Gasteiger partial charge in [-0.1, -0.05) is 45.2 Å². The molecular formula is C18H27N3O2. The van der Waals surface area contributed by atoms with Crippen molar-refractivity contribution in [3.05, 3.63) is 29.8 Å². The van der Waals surface area contributed by atoms with Gasteiger partial charge >= 0.3 is 6.03 Å². The Bertz CT molecular complexity index is 520. The van der Waals surface area contributed by atoms with Gasteiger partial charge < -0.3 is 16.0 Å². The molecule has 0 aromatic heterocycles. The Kier molecular flexibility index (Phi) is 6.44. The molecule has 0 spiro atoms. The zero-order valence-corrected chi connectivity index (χ0v) is 14.0. The quantitative estimate of drug-likeness (QED) is 0.779. The van der Waals surface area contributed by atoms with Crippen LogP contribution in [0, 0.1) is 0 Å². The lowest BCUT2D eigenvalue weighted by atomic mass is 9.96.